The van der Waals surface area contributed by atoms with Crippen molar-refractivity contribution in [1.29, 1.82) is 0 Å². The molecule has 0 aromatic heterocycles. The van der Waals surface area contributed by atoms with Crippen LogP contribution >= 0.6 is 0 Å². The highest BCUT2D eigenvalue weighted by atomic mass is 16.6. The summed E-state index contributed by atoms with van der Waals surface area (Å²) in [6.07, 6.45) is 1.37. The van der Waals surface area contributed by atoms with E-state index < -0.39 is 16.7 Å². The van der Waals surface area contributed by atoms with Crippen molar-refractivity contribution in [3.63, 3.8) is 0 Å². The van der Waals surface area contributed by atoms with E-state index in [1.165, 1.54) is 31.2 Å². The number of nitro groups is 1. The molecule has 3 rings (SSSR count). The van der Waals surface area contributed by atoms with Gasteiger partial charge in [-0.15, -0.1) is 0 Å². The van der Waals surface area contributed by atoms with Crippen molar-refractivity contribution in [2.24, 2.45) is 0 Å². The normalized spacial score (nSPS) is 10.8. The zero-order chi connectivity index (χ0) is 22.2. The number of hydrogen-bond acceptors (Lipinski definition) is 5. The molecule has 0 atom stereocenters. The standard InChI is InChI=1S/C23H19N3O5/c1-16(27)24-22(15-17-6-5-7-19(14-17)26(29)30)23(28)25-18-10-12-21(13-11-18)31-20-8-3-2-4-9-20/h2-15H,1H3,(H,24,27)(H,25,28)/b22-15-. The van der Waals surface area contributed by atoms with E-state index in [-0.39, 0.29) is 11.4 Å². The van der Waals surface area contributed by atoms with Crippen molar-refractivity contribution in [1.82, 2.24) is 5.32 Å². The summed E-state index contributed by atoms with van der Waals surface area (Å²) in [5.41, 5.74) is 0.725. The maximum atomic E-state index is 12.7. The third-order valence-corrected chi connectivity index (χ3v) is 4.04. The molecule has 3 aromatic carbocycles. The summed E-state index contributed by atoms with van der Waals surface area (Å²) >= 11 is 0. The molecule has 0 bridgehead atoms. The van der Waals surface area contributed by atoms with E-state index in [0.29, 0.717) is 22.7 Å². The first-order chi connectivity index (χ1) is 14.9. The molecular formula is C23H19N3O5. The number of nitrogens with one attached hydrogen (secondary N) is 2. The van der Waals surface area contributed by atoms with Crippen molar-refractivity contribution < 1.29 is 19.2 Å². The van der Waals surface area contributed by atoms with Gasteiger partial charge in [0.2, 0.25) is 5.91 Å². The number of carbonyl (C=O) groups is 2. The zero-order valence-corrected chi connectivity index (χ0v) is 16.6. The second-order valence-corrected chi connectivity index (χ2v) is 6.48. The van der Waals surface area contributed by atoms with Gasteiger partial charge in [0.1, 0.15) is 17.2 Å². The van der Waals surface area contributed by atoms with Crippen molar-refractivity contribution >= 4 is 29.3 Å². The average Bonchev–Trinajstić information content (AvgIpc) is 2.75. The Labute approximate surface area is 178 Å². The Kier molecular flexibility index (Phi) is 6.74. The molecule has 0 heterocycles. The van der Waals surface area contributed by atoms with Gasteiger partial charge in [-0.3, -0.25) is 19.7 Å². The Bertz CT molecular complexity index is 1130. The molecule has 0 fully saturated rings. The van der Waals surface area contributed by atoms with Crippen LogP contribution in [0.25, 0.3) is 6.08 Å². The summed E-state index contributed by atoms with van der Waals surface area (Å²) in [5, 5.41) is 16.1. The smallest absolute Gasteiger partial charge is 0.272 e. The number of para-hydroxylation sites is 1. The van der Waals surface area contributed by atoms with Gasteiger partial charge in [-0.1, -0.05) is 30.3 Å². The van der Waals surface area contributed by atoms with Crippen LogP contribution < -0.4 is 15.4 Å². The molecule has 31 heavy (non-hydrogen) atoms. The van der Waals surface area contributed by atoms with Crippen molar-refractivity contribution in [3.05, 3.63) is 100 Å². The van der Waals surface area contributed by atoms with E-state index in [2.05, 4.69) is 10.6 Å². The molecule has 2 amide bonds. The summed E-state index contributed by atoms with van der Waals surface area (Å²) in [6.45, 7) is 1.27. The van der Waals surface area contributed by atoms with E-state index in [4.69, 9.17) is 4.74 Å². The highest BCUT2D eigenvalue weighted by molar-refractivity contribution is 6.08. The van der Waals surface area contributed by atoms with E-state index in [0.717, 1.165) is 0 Å². The van der Waals surface area contributed by atoms with Crippen molar-refractivity contribution in [2.45, 2.75) is 6.92 Å². The van der Waals surface area contributed by atoms with Gasteiger partial charge in [0.05, 0.1) is 4.92 Å². The third-order valence-electron chi connectivity index (χ3n) is 4.04. The van der Waals surface area contributed by atoms with E-state index in [1.807, 2.05) is 30.3 Å². The second kappa shape index (κ2) is 9.84. The molecule has 0 radical (unpaired) electrons. The summed E-state index contributed by atoms with van der Waals surface area (Å²) in [4.78, 5) is 34.7. The first-order valence-corrected chi connectivity index (χ1v) is 9.29. The number of carbonyl (C=O) groups excluding carboxylic acids is 2. The number of anilines is 1. The summed E-state index contributed by atoms with van der Waals surface area (Å²) < 4.78 is 5.71. The van der Waals surface area contributed by atoms with Crippen molar-refractivity contribution in [3.8, 4) is 11.5 Å². The Balaban J connectivity index is 1.75. The van der Waals surface area contributed by atoms with E-state index >= 15 is 0 Å². The molecule has 3 aromatic rings. The highest BCUT2D eigenvalue weighted by Crippen LogP contribution is 2.23. The number of amides is 2. The molecule has 0 aliphatic rings. The minimum Gasteiger partial charge on any atom is -0.457 e. The lowest BCUT2D eigenvalue weighted by Gasteiger charge is -2.11. The molecule has 8 nitrogen and oxygen atoms in total. The molecule has 0 saturated carbocycles. The summed E-state index contributed by atoms with van der Waals surface area (Å²) in [6, 6.07) is 21.7. The van der Waals surface area contributed by atoms with E-state index in [1.54, 1.807) is 30.3 Å². The molecule has 0 unspecified atom stereocenters. The van der Waals surface area contributed by atoms with Gasteiger partial charge in [-0.2, -0.15) is 0 Å². The topological polar surface area (TPSA) is 111 Å². The van der Waals surface area contributed by atoms with Crippen molar-refractivity contribution in [2.75, 3.05) is 5.32 Å². The van der Waals surface area contributed by atoms with Crippen LogP contribution in [0, 0.1) is 10.1 Å². The number of rotatable bonds is 7. The summed E-state index contributed by atoms with van der Waals surface area (Å²) in [7, 11) is 0. The minimum atomic E-state index is -0.571. The number of hydrogen-bond donors (Lipinski definition) is 2. The average molecular weight is 417 g/mol. The molecule has 0 spiro atoms. The van der Waals surface area contributed by atoms with Crippen LogP contribution in [0.15, 0.2) is 84.6 Å². The van der Waals surface area contributed by atoms with Crippen LogP contribution in [0.1, 0.15) is 12.5 Å². The van der Waals surface area contributed by atoms with E-state index in [9.17, 15) is 19.7 Å². The Morgan fingerprint density at radius 2 is 1.61 bits per heavy atom. The third kappa shape index (κ3) is 6.26. The molecule has 156 valence electrons. The van der Waals surface area contributed by atoms with Crippen LogP contribution in [-0.2, 0) is 9.59 Å². The molecule has 0 aliphatic heterocycles. The fraction of sp³-hybridized carbons (Fsp3) is 0.0435. The number of ether oxygens (including phenoxy) is 1. The quantitative estimate of drug-likeness (QED) is 0.334. The summed E-state index contributed by atoms with van der Waals surface area (Å²) in [5.74, 6) is 0.266. The first-order valence-electron chi connectivity index (χ1n) is 9.29. The predicted octanol–water partition coefficient (Wildman–Crippen LogP) is 4.50. The van der Waals surface area contributed by atoms with Gasteiger partial charge >= 0.3 is 0 Å². The number of benzene rings is 3. The zero-order valence-electron chi connectivity index (χ0n) is 16.6. The van der Waals surface area contributed by atoms with Gasteiger partial charge in [-0.05, 0) is 48.0 Å². The fourth-order valence-corrected chi connectivity index (χ4v) is 2.67. The number of nitro benzene ring substituents is 1. The number of non-ortho nitro benzene ring substituents is 1. The lowest BCUT2D eigenvalue weighted by molar-refractivity contribution is -0.384. The van der Waals surface area contributed by atoms with Crippen LogP contribution in [0.2, 0.25) is 0 Å². The Morgan fingerprint density at radius 1 is 0.935 bits per heavy atom. The molecule has 2 N–H and O–H groups in total. The second-order valence-electron chi connectivity index (χ2n) is 6.48. The molecular weight excluding hydrogens is 398 g/mol. The van der Waals surface area contributed by atoms with Gasteiger partial charge in [0, 0.05) is 24.7 Å². The Hall–Kier alpha value is -4.46. The highest BCUT2D eigenvalue weighted by Gasteiger charge is 2.13. The predicted molar refractivity (Wildman–Crippen MR) is 116 cm³/mol. The van der Waals surface area contributed by atoms with Crippen LogP contribution in [0.5, 0.6) is 11.5 Å². The first kappa shape index (κ1) is 21.3. The number of nitrogens with zero attached hydrogens (tertiary/aromatic N) is 1. The maximum Gasteiger partial charge on any atom is 0.272 e. The van der Waals surface area contributed by atoms with Crippen LogP contribution in [0.3, 0.4) is 0 Å². The fourth-order valence-electron chi connectivity index (χ4n) is 2.67. The molecule has 8 heteroatoms. The monoisotopic (exact) mass is 417 g/mol. The SMILES string of the molecule is CC(=O)N/C(=C\c1cccc([N+](=O)[O-])c1)C(=O)Nc1ccc(Oc2ccccc2)cc1. The van der Waals surface area contributed by atoms with Gasteiger partial charge in [-0.25, -0.2) is 0 Å². The van der Waals surface area contributed by atoms with Gasteiger partial charge < -0.3 is 15.4 Å². The largest absolute Gasteiger partial charge is 0.457 e. The Morgan fingerprint density at radius 3 is 2.26 bits per heavy atom. The minimum absolute atomic E-state index is 0.0439. The molecule has 0 aliphatic carbocycles. The lowest BCUT2D eigenvalue weighted by Crippen LogP contribution is -2.28. The maximum absolute atomic E-state index is 12.7. The van der Waals surface area contributed by atoms with Gasteiger partial charge in [0.15, 0.2) is 0 Å². The van der Waals surface area contributed by atoms with Crippen LogP contribution in [0.4, 0.5) is 11.4 Å². The molecule has 0 saturated heterocycles. The van der Waals surface area contributed by atoms with Gasteiger partial charge in [0.25, 0.3) is 11.6 Å². The van der Waals surface area contributed by atoms with Crippen LogP contribution in [-0.4, -0.2) is 16.7 Å². The lowest BCUT2D eigenvalue weighted by atomic mass is 10.1.